The summed E-state index contributed by atoms with van der Waals surface area (Å²) in [7, 11) is 4.17. The van der Waals surface area contributed by atoms with Crippen molar-refractivity contribution in [3.05, 3.63) is 44.8 Å². The van der Waals surface area contributed by atoms with Crippen LogP contribution in [-0.2, 0) is 12.8 Å². The number of anilines is 2. The molecule has 176 valence electrons. The number of rotatable bonds is 6. The van der Waals surface area contributed by atoms with Crippen LogP contribution in [0.1, 0.15) is 63.1 Å². The highest BCUT2D eigenvalue weighted by Gasteiger charge is 2.26. The van der Waals surface area contributed by atoms with Gasteiger partial charge < -0.3 is 15.5 Å². The van der Waals surface area contributed by atoms with E-state index in [0.717, 1.165) is 79.6 Å². The lowest BCUT2D eigenvalue weighted by Crippen LogP contribution is -2.38. The van der Waals surface area contributed by atoms with E-state index in [4.69, 9.17) is 21.6 Å². The van der Waals surface area contributed by atoms with Gasteiger partial charge in [-0.1, -0.05) is 17.7 Å². The number of hydrogen-bond donors (Lipinski definition) is 2. The van der Waals surface area contributed by atoms with Crippen molar-refractivity contribution in [2.45, 2.75) is 76.8 Å². The average molecular weight is 467 g/mol. The van der Waals surface area contributed by atoms with Crippen LogP contribution in [0.5, 0.6) is 0 Å². The molecule has 5 rings (SSSR count). The second-order valence-corrected chi connectivity index (χ2v) is 10.4. The van der Waals surface area contributed by atoms with E-state index in [0.29, 0.717) is 12.1 Å². The summed E-state index contributed by atoms with van der Waals surface area (Å²) in [5, 5.41) is 8.28. The quantitative estimate of drug-likeness (QED) is 0.623. The Labute approximate surface area is 202 Å². The highest BCUT2D eigenvalue weighted by atomic mass is 35.5. The summed E-state index contributed by atoms with van der Waals surface area (Å²) in [6, 6.07) is 0.987. The fourth-order valence-electron chi connectivity index (χ4n) is 5.50. The highest BCUT2D eigenvalue weighted by Crippen LogP contribution is 2.36. The van der Waals surface area contributed by atoms with Crippen molar-refractivity contribution in [1.82, 2.24) is 15.3 Å². The van der Waals surface area contributed by atoms with Crippen LogP contribution in [0.15, 0.2) is 38.5 Å². The molecule has 33 heavy (non-hydrogen) atoms. The first kappa shape index (κ1) is 22.6. The zero-order valence-electron chi connectivity index (χ0n) is 20.0. The first-order chi connectivity index (χ1) is 16.0. The second-order valence-electron chi connectivity index (χ2n) is 9.96. The fourth-order valence-corrected chi connectivity index (χ4v) is 5.67. The molecule has 3 aliphatic carbocycles. The number of nitrogens with zero attached hydrogens (tertiary/aromatic N) is 4. The molecule has 2 heterocycles. The average Bonchev–Trinajstić information content (AvgIpc) is 3.24. The Bertz CT molecular complexity index is 1040. The van der Waals surface area contributed by atoms with Crippen molar-refractivity contribution in [2.75, 3.05) is 30.9 Å². The van der Waals surface area contributed by atoms with Crippen LogP contribution in [0, 0.1) is 0 Å². The maximum atomic E-state index is 6.28. The molecule has 0 saturated heterocycles. The van der Waals surface area contributed by atoms with Gasteiger partial charge in [0.05, 0.1) is 11.4 Å². The molecule has 0 aromatic carbocycles. The van der Waals surface area contributed by atoms with Gasteiger partial charge in [-0.05, 0) is 81.4 Å². The fraction of sp³-hybridized carbons (Fsp3) is 0.577. The summed E-state index contributed by atoms with van der Waals surface area (Å²) in [4.78, 5) is 16.6. The SMILES string of the molecule is CC1=C2N=CC(CN[C@H]3CC[C@@H](Nc4nc5c(c(N(C)C)n4)CCCC5)CC3)=C2CC=C1Cl. The van der Waals surface area contributed by atoms with Crippen LogP contribution in [0.2, 0.25) is 0 Å². The monoisotopic (exact) mass is 466 g/mol. The van der Waals surface area contributed by atoms with Gasteiger partial charge in [-0.2, -0.15) is 4.98 Å². The molecule has 4 aliphatic rings. The minimum atomic E-state index is 0.442. The molecule has 1 fully saturated rings. The van der Waals surface area contributed by atoms with Crippen LogP contribution < -0.4 is 15.5 Å². The van der Waals surface area contributed by atoms with Gasteiger partial charge in [0.25, 0.3) is 0 Å². The molecule has 0 atom stereocenters. The molecule has 2 N–H and O–H groups in total. The molecular weight excluding hydrogens is 432 g/mol. The Kier molecular flexibility index (Phi) is 6.57. The van der Waals surface area contributed by atoms with Gasteiger partial charge in [-0.15, -0.1) is 0 Å². The van der Waals surface area contributed by atoms with E-state index in [1.165, 1.54) is 35.2 Å². The smallest absolute Gasteiger partial charge is 0.225 e. The Morgan fingerprint density at radius 3 is 2.61 bits per heavy atom. The molecule has 1 aliphatic heterocycles. The molecular formula is C26H35ClN6. The van der Waals surface area contributed by atoms with Gasteiger partial charge in [-0.3, -0.25) is 4.99 Å². The van der Waals surface area contributed by atoms with Crippen molar-refractivity contribution < 1.29 is 0 Å². The lowest BCUT2D eigenvalue weighted by atomic mass is 9.90. The van der Waals surface area contributed by atoms with E-state index in [1.54, 1.807) is 0 Å². The minimum Gasteiger partial charge on any atom is -0.362 e. The Hall–Kier alpha value is -2.18. The number of hydrogen-bond acceptors (Lipinski definition) is 6. The van der Waals surface area contributed by atoms with Crippen LogP contribution in [0.3, 0.4) is 0 Å². The van der Waals surface area contributed by atoms with Gasteiger partial charge >= 0.3 is 0 Å². The lowest BCUT2D eigenvalue weighted by Gasteiger charge is -2.31. The molecule has 0 bridgehead atoms. The maximum Gasteiger partial charge on any atom is 0.225 e. The number of aromatic nitrogens is 2. The van der Waals surface area contributed by atoms with Crippen LogP contribution >= 0.6 is 11.6 Å². The van der Waals surface area contributed by atoms with E-state index in [1.807, 2.05) is 6.21 Å². The maximum absolute atomic E-state index is 6.28. The third-order valence-corrected chi connectivity index (χ3v) is 7.89. The van der Waals surface area contributed by atoms with Gasteiger partial charge in [0.1, 0.15) is 5.82 Å². The molecule has 6 nitrogen and oxygen atoms in total. The van der Waals surface area contributed by atoms with E-state index >= 15 is 0 Å². The number of halogens is 1. The van der Waals surface area contributed by atoms with Gasteiger partial charge in [0.2, 0.25) is 5.95 Å². The van der Waals surface area contributed by atoms with Crippen LogP contribution in [0.25, 0.3) is 0 Å². The van der Waals surface area contributed by atoms with E-state index < -0.39 is 0 Å². The molecule has 0 unspecified atom stereocenters. The topological polar surface area (TPSA) is 65.4 Å². The molecule has 1 aromatic rings. The zero-order chi connectivity index (χ0) is 22.9. The molecule has 0 spiro atoms. The summed E-state index contributed by atoms with van der Waals surface area (Å²) in [5.74, 6) is 1.90. The third-order valence-electron chi connectivity index (χ3n) is 7.45. The van der Waals surface area contributed by atoms with Crippen molar-refractivity contribution in [1.29, 1.82) is 0 Å². The number of nitrogens with one attached hydrogen (secondary N) is 2. The minimum absolute atomic E-state index is 0.442. The van der Waals surface area contributed by atoms with Crippen molar-refractivity contribution in [2.24, 2.45) is 4.99 Å². The second kappa shape index (κ2) is 9.59. The predicted octanol–water partition coefficient (Wildman–Crippen LogP) is 4.92. The van der Waals surface area contributed by atoms with E-state index in [-0.39, 0.29) is 0 Å². The summed E-state index contributed by atoms with van der Waals surface area (Å²) in [6.45, 7) is 2.94. The Morgan fingerprint density at radius 1 is 1.06 bits per heavy atom. The highest BCUT2D eigenvalue weighted by molar-refractivity contribution is 6.32. The summed E-state index contributed by atoms with van der Waals surface area (Å²) < 4.78 is 0. The molecule has 7 heteroatoms. The molecule has 0 amide bonds. The number of aliphatic imine (C=N–C) groups is 1. The summed E-state index contributed by atoms with van der Waals surface area (Å²) in [5.41, 5.74) is 7.41. The molecule has 1 aromatic heterocycles. The molecule has 0 radical (unpaired) electrons. The van der Waals surface area contributed by atoms with Crippen LogP contribution in [0.4, 0.5) is 11.8 Å². The summed E-state index contributed by atoms with van der Waals surface area (Å²) >= 11 is 6.28. The normalized spacial score (nSPS) is 24.5. The third kappa shape index (κ3) is 4.73. The number of aryl methyl sites for hydroxylation is 1. The summed E-state index contributed by atoms with van der Waals surface area (Å²) in [6.07, 6.45) is 14.3. The van der Waals surface area contributed by atoms with Crippen molar-refractivity contribution >= 4 is 29.6 Å². The van der Waals surface area contributed by atoms with Gasteiger partial charge in [0.15, 0.2) is 0 Å². The van der Waals surface area contributed by atoms with Crippen LogP contribution in [-0.4, -0.2) is 48.9 Å². The largest absolute Gasteiger partial charge is 0.362 e. The van der Waals surface area contributed by atoms with E-state index in [2.05, 4.69) is 47.6 Å². The standard InChI is InChI=1S/C26H35ClN6/c1-16-22(27)13-12-20-17(15-29-24(16)20)14-28-18-8-10-19(11-9-18)30-26-31-23-7-5-4-6-21(23)25(32-26)33(2)3/h13,15,18-19,28H,4-12,14H2,1-3H3,(H,30,31,32)/t18-,19+. The predicted molar refractivity (Wildman–Crippen MR) is 137 cm³/mol. The lowest BCUT2D eigenvalue weighted by molar-refractivity contribution is 0.361. The van der Waals surface area contributed by atoms with Crippen molar-refractivity contribution in [3.8, 4) is 0 Å². The molecule has 1 saturated carbocycles. The van der Waals surface area contributed by atoms with Gasteiger partial charge in [-0.25, -0.2) is 4.98 Å². The number of fused-ring (bicyclic) bond motifs is 2. The first-order valence-corrected chi connectivity index (χ1v) is 12.8. The Balaban J connectivity index is 1.16. The van der Waals surface area contributed by atoms with Gasteiger partial charge in [0, 0.05) is 49.5 Å². The first-order valence-electron chi connectivity index (χ1n) is 12.4. The number of allylic oxidation sites excluding steroid dienone is 4. The Morgan fingerprint density at radius 2 is 1.82 bits per heavy atom. The van der Waals surface area contributed by atoms with Crippen molar-refractivity contribution in [3.63, 3.8) is 0 Å². The van der Waals surface area contributed by atoms with E-state index in [9.17, 15) is 0 Å². The zero-order valence-corrected chi connectivity index (χ0v) is 20.8.